The second-order valence-corrected chi connectivity index (χ2v) is 9.16. The maximum absolute atomic E-state index is 12.7. The molecule has 13 heteroatoms. The number of aliphatic carboxylic acids is 1. The zero-order valence-corrected chi connectivity index (χ0v) is 20.2. The summed E-state index contributed by atoms with van der Waals surface area (Å²) in [5.41, 5.74) is 2.85. The van der Waals surface area contributed by atoms with E-state index in [2.05, 4.69) is 5.43 Å². The van der Waals surface area contributed by atoms with Gasteiger partial charge < -0.3 is 14.6 Å². The number of rotatable bonds is 8. The standard InChI is InChI=1S/C20H13Cl3N2O6S2/c21-11-6-13(23)15(7-12(11)22)30-8-17(26)24-25-19(29)16(33-20(25)32)5-10-3-1-2-4-14(10)31-9-18(27)28/h1-7H,8-9H2,(H,24,26)(H,27,28)/b16-5-. The van der Waals surface area contributed by atoms with Crippen molar-refractivity contribution in [2.45, 2.75) is 0 Å². The Balaban J connectivity index is 1.66. The number of hydrazine groups is 1. The van der Waals surface area contributed by atoms with Crippen molar-refractivity contribution in [3.8, 4) is 11.5 Å². The number of carbonyl (C=O) groups excluding carboxylic acids is 2. The topological polar surface area (TPSA) is 105 Å². The molecule has 2 aromatic rings. The maximum atomic E-state index is 12.7. The Morgan fingerprint density at radius 2 is 1.73 bits per heavy atom. The van der Waals surface area contributed by atoms with Crippen molar-refractivity contribution in [3.63, 3.8) is 0 Å². The first-order valence-electron chi connectivity index (χ1n) is 8.94. The van der Waals surface area contributed by atoms with Crippen LogP contribution in [0, 0.1) is 0 Å². The van der Waals surface area contributed by atoms with Gasteiger partial charge in [-0.25, -0.2) is 4.79 Å². The maximum Gasteiger partial charge on any atom is 0.341 e. The third kappa shape index (κ3) is 6.52. The number of para-hydroxylation sites is 1. The first-order chi connectivity index (χ1) is 15.7. The van der Waals surface area contributed by atoms with Crippen LogP contribution in [0.25, 0.3) is 6.08 Å². The average Bonchev–Trinajstić information content (AvgIpc) is 3.02. The molecule has 2 aromatic carbocycles. The summed E-state index contributed by atoms with van der Waals surface area (Å²) < 4.78 is 10.7. The number of ether oxygens (including phenoxy) is 2. The first kappa shape index (κ1) is 25.1. The third-order valence-electron chi connectivity index (χ3n) is 3.92. The molecular formula is C20H13Cl3N2O6S2. The average molecular weight is 548 g/mol. The molecule has 0 aromatic heterocycles. The van der Waals surface area contributed by atoms with Gasteiger partial charge in [-0.3, -0.25) is 15.0 Å². The smallest absolute Gasteiger partial charge is 0.341 e. The number of thiocarbonyl (C=S) groups is 1. The van der Waals surface area contributed by atoms with Crippen LogP contribution in [0.15, 0.2) is 41.3 Å². The number of hydrogen-bond donors (Lipinski definition) is 2. The van der Waals surface area contributed by atoms with Gasteiger partial charge in [-0.05, 0) is 30.4 Å². The van der Waals surface area contributed by atoms with Gasteiger partial charge >= 0.3 is 5.97 Å². The molecule has 1 aliphatic heterocycles. The van der Waals surface area contributed by atoms with Crippen LogP contribution in [-0.4, -0.2) is 45.4 Å². The van der Waals surface area contributed by atoms with Crippen LogP contribution in [0.3, 0.4) is 0 Å². The Labute approximate surface area is 212 Å². The Bertz CT molecular complexity index is 1170. The quantitative estimate of drug-likeness (QED) is 0.284. The van der Waals surface area contributed by atoms with E-state index in [9.17, 15) is 14.4 Å². The summed E-state index contributed by atoms with van der Waals surface area (Å²) in [6.07, 6.45) is 1.49. The van der Waals surface area contributed by atoms with Crippen molar-refractivity contribution in [2.75, 3.05) is 13.2 Å². The minimum Gasteiger partial charge on any atom is -0.482 e. The molecule has 1 aliphatic rings. The third-order valence-corrected chi connectivity index (χ3v) is 6.24. The number of carboxylic acid groups (broad SMARTS) is 1. The molecular weight excluding hydrogens is 535 g/mol. The zero-order chi connectivity index (χ0) is 24.1. The van der Waals surface area contributed by atoms with Gasteiger partial charge in [0, 0.05) is 11.6 Å². The SMILES string of the molecule is O=C(O)COc1ccccc1/C=C1\SC(=S)N(NC(=O)COc2cc(Cl)c(Cl)cc2Cl)C1=O. The molecule has 33 heavy (non-hydrogen) atoms. The van der Waals surface area contributed by atoms with Crippen LogP contribution in [-0.2, 0) is 14.4 Å². The number of carboxylic acids is 1. The number of thioether (sulfide) groups is 1. The molecule has 1 fully saturated rings. The Kier molecular flexibility index (Phi) is 8.44. The summed E-state index contributed by atoms with van der Waals surface area (Å²) in [7, 11) is 0. The summed E-state index contributed by atoms with van der Waals surface area (Å²) in [6, 6.07) is 9.34. The second kappa shape index (κ2) is 11.1. The largest absolute Gasteiger partial charge is 0.482 e. The van der Waals surface area contributed by atoms with Gasteiger partial charge in [-0.1, -0.05) is 64.8 Å². The fourth-order valence-corrected chi connectivity index (χ4v) is 4.25. The van der Waals surface area contributed by atoms with E-state index in [1.54, 1.807) is 24.3 Å². The summed E-state index contributed by atoms with van der Waals surface area (Å²) >= 11 is 23.9. The van der Waals surface area contributed by atoms with E-state index in [0.29, 0.717) is 5.56 Å². The second-order valence-electron chi connectivity index (χ2n) is 6.26. The van der Waals surface area contributed by atoms with E-state index < -0.39 is 31.0 Å². The molecule has 8 nitrogen and oxygen atoms in total. The van der Waals surface area contributed by atoms with Crippen molar-refractivity contribution in [3.05, 3.63) is 61.9 Å². The number of halogens is 3. The van der Waals surface area contributed by atoms with Gasteiger partial charge in [0.05, 0.1) is 20.0 Å². The molecule has 2 N–H and O–H groups in total. The van der Waals surface area contributed by atoms with E-state index in [1.165, 1.54) is 18.2 Å². The molecule has 0 radical (unpaired) electrons. The minimum absolute atomic E-state index is 0.0936. The van der Waals surface area contributed by atoms with Crippen molar-refractivity contribution < 1.29 is 29.0 Å². The van der Waals surface area contributed by atoms with Gasteiger partial charge in [-0.2, -0.15) is 5.01 Å². The lowest BCUT2D eigenvalue weighted by molar-refractivity contribution is -0.139. The predicted octanol–water partition coefficient (Wildman–Crippen LogP) is 4.42. The number of nitrogens with one attached hydrogen (secondary N) is 1. The van der Waals surface area contributed by atoms with Gasteiger partial charge in [0.25, 0.3) is 11.8 Å². The van der Waals surface area contributed by atoms with Crippen molar-refractivity contribution in [2.24, 2.45) is 0 Å². The molecule has 2 amide bonds. The summed E-state index contributed by atoms with van der Waals surface area (Å²) in [6.45, 7) is -1.01. The highest BCUT2D eigenvalue weighted by Gasteiger charge is 2.34. The van der Waals surface area contributed by atoms with E-state index >= 15 is 0 Å². The molecule has 0 spiro atoms. The molecule has 0 atom stereocenters. The number of amides is 2. The van der Waals surface area contributed by atoms with E-state index in [4.69, 9.17) is 61.6 Å². The van der Waals surface area contributed by atoms with Crippen LogP contribution in [0.1, 0.15) is 5.56 Å². The fraction of sp³-hybridized carbons (Fsp3) is 0.100. The highest BCUT2D eigenvalue weighted by molar-refractivity contribution is 8.26. The normalized spacial score (nSPS) is 14.5. The molecule has 0 bridgehead atoms. The number of hydrogen-bond acceptors (Lipinski definition) is 7. The van der Waals surface area contributed by atoms with Crippen LogP contribution < -0.4 is 14.9 Å². The lowest BCUT2D eigenvalue weighted by atomic mass is 10.2. The Morgan fingerprint density at radius 1 is 1.06 bits per heavy atom. The summed E-state index contributed by atoms with van der Waals surface area (Å²) in [4.78, 5) is 36.0. The van der Waals surface area contributed by atoms with Crippen molar-refractivity contribution in [1.29, 1.82) is 0 Å². The van der Waals surface area contributed by atoms with Crippen LogP contribution >= 0.6 is 58.8 Å². The van der Waals surface area contributed by atoms with Gasteiger partial charge in [0.1, 0.15) is 11.5 Å². The van der Waals surface area contributed by atoms with Gasteiger partial charge in [-0.15, -0.1) is 0 Å². The Morgan fingerprint density at radius 3 is 2.45 bits per heavy atom. The molecule has 1 heterocycles. The molecule has 3 rings (SSSR count). The zero-order valence-electron chi connectivity index (χ0n) is 16.3. The predicted molar refractivity (Wildman–Crippen MR) is 130 cm³/mol. The van der Waals surface area contributed by atoms with E-state index in [0.717, 1.165) is 16.8 Å². The first-order valence-corrected chi connectivity index (χ1v) is 11.3. The number of benzene rings is 2. The lowest BCUT2D eigenvalue weighted by Gasteiger charge is -2.16. The molecule has 1 saturated heterocycles. The number of nitrogens with zero attached hydrogens (tertiary/aromatic N) is 1. The molecule has 0 saturated carbocycles. The van der Waals surface area contributed by atoms with Crippen LogP contribution in [0.5, 0.6) is 11.5 Å². The number of carbonyl (C=O) groups is 3. The summed E-state index contributed by atoms with van der Waals surface area (Å²) in [5, 5.41) is 10.3. The monoisotopic (exact) mass is 546 g/mol. The Hall–Kier alpha value is -2.50. The van der Waals surface area contributed by atoms with E-state index in [1.807, 2.05) is 0 Å². The molecule has 0 unspecified atom stereocenters. The summed E-state index contributed by atoms with van der Waals surface area (Å²) in [5.74, 6) is -1.95. The minimum atomic E-state index is -1.14. The fourth-order valence-electron chi connectivity index (χ4n) is 2.49. The lowest BCUT2D eigenvalue weighted by Crippen LogP contribution is -2.46. The van der Waals surface area contributed by atoms with Crippen LogP contribution in [0.4, 0.5) is 0 Å². The molecule has 0 aliphatic carbocycles. The van der Waals surface area contributed by atoms with Gasteiger partial charge in [0.15, 0.2) is 17.5 Å². The van der Waals surface area contributed by atoms with Crippen LogP contribution in [0.2, 0.25) is 15.1 Å². The highest BCUT2D eigenvalue weighted by Crippen LogP contribution is 2.35. The van der Waals surface area contributed by atoms with Crippen molar-refractivity contribution in [1.82, 2.24) is 10.4 Å². The molecule has 172 valence electrons. The van der Waals surface area contributed by atoms with Crippen molar-refractivity contribution >= 4 is 87.0 Å². The van der Waals surface area contributed by atoms with Gasteiger partial charge in [0.2, 0.25) is 0 Å². The highest BCUT2D eigenvalue weighted by atomic mass is 35.5. The van der Waals surface area contributed by atoms with E-state index in [-0.39, 0.29) is 35.8 Å².